The first-order valence-corrected chi connectivity index (χ1v) is 9.78. The van der Waals surface area contributed by atoms with Crippen LogP contribution in [0.2, 0.25) is 0 Å². The van der Waals surface area contributed by atoms with Crippen molar-refractivity contribution in [3.63, 3.8) is 0 Å². The fraction of sp³-hybridized carbons (Fsp3) is 0.368. The van der Waals surface area contributed by atoms with Crippen LogP contribution < -0.4 is 4.74 Å². The van der Waals surface area contributed by atoms with Gasteiger partial charge in [-0.2, -0.15) is 8.42 Å². The molecule has 0 aromatic heterocycles. The number of unbranched alkanes of at least 4 members (excludes halogenated alkanes) is 4. The van der Waals surface area contributed by atoms with Gasteiger partial charge in [-0.05, 0) is 42.7 Å². The van der Waals surface area contributed by atoms with E-state index in [1.165, 1.54) is 25.3 Å². The molecule has 0 aliphatic heterocycles. The molecule has 0 aliphatic carbocycles. The van der Waals surface area contributed by atoms with Crippen LogP contribution in [0.1, 0.15) is 44.6 Å². The fourth-order valence-electron chi connectivity index (χ4n) is 2.55. The number of para-hydroxylation sites is 1. The molecule has 0 radical (unpaired) electrons. The van der Waals surface area contributed by atoms with Crippen LogP contribution in [0, 0.1) is 0 Å². The maximum atomic E-state index is 11.6. The second kappa shape index (κ2) is 8.85. The van der Waals surface area contributed by atoms with E-state index in [9.17, 15) is 13.0 Å². The molecule has 1 N–H and O–H groups in total. The van der Waals surface area contributed by atoms with Crippen molar-refractivity contribution in [1.82, 2.24) is 0 Å². The Balaban J connectivity index is 2.16. The number of rotatable bonds is 9. The van der Waals surface area contributed by atoms with Gasteiger partial charge in [-0.1, -0.05) is 56.9 Å². The summed E-state index contributed by atoms with van der Waals surface area (Å²) < 4.78 is 38.2. The minimum absolute atomic E-state index is 0.162. The molecular formula is C19H24O4S. The molecule has 2 aromatic rings. The molecule has 24 heavy (non-hydrogen) atoms. The predicted octanol–water partition coefficient (Wildman–Crippen LogP) is 5.24. The summed E-state index contributed by atoms with van der Waals surface area (Å²) in [6, 6.07) is 13.8. The minimum Gasteiger partial charge on any atom is -0.456 e. The molecule has 0 unspecified atom stereocenters. The third kappa shape index (κ3) is 5.65. The van der Waals surface area contributed by atoms with Crippen LogP contribution in [0.15, 0.2) is 53.4 Å². The number of benzene rings is 2. The van der Waals surface area contributed by atoms with Crippen LogP contribution in [0.25, 0.3) is 0 Å². The van der Waals surface area contributed by atoms with Gasteiger partial charge in [-0.15, -0.1) is 0 Å². The van der Waals surface area contributed by atoms with Gasteiger partial charge in [-0.25, -0.2) is 0 Å². The summed E-state index contributed by atoms with van der Waals surface area (Å²) in [7, 11) is -4.33. The van der Waals surface area contributed by atoms with Crippen LogP contribution in [0.4, 0.5) is 0 Å². The van der Waals surface area contributed by atoms with Crippen LogP contribution in [-0.4, -0.2) is 13.0 Å². The van der Waals surface area contributed by atoms with Gasteiger partial charge in [0, 0.05) is 0 Å². The van der Waals surface area contributed by atoms with E-state index < -0.39 is 10.1 Å². The van der Waals surface area contributed by atoms with Gasteiger partial charge in [0.05, 0.1) is 0 Å². The van der Waals surface area contributed by atoms with E-state index in [2.05, 4.69) is 6.92 Å². The Labute approximate surface area is 144 Å². The molecule has 0 saturated carbocycles. The van der Waals surface area contributed by atoms with Crippen molar-refractivity contribution in [3.05, 3.63) is 54.1 Å². The highest BCUT2D eigenvalue weighted by Gasteiger charge is 2.18. The maximum absolute atomic E-state index is 11.6. The third-order valence-corrected chi connectivity index (χ3v) is 4.72. The lowest BCUT2D eigenvalue weighted by Crippen LogP contribution is -2.02. The van der Waals surface area contributed by atoms with Crippen molar-refractivity contribution < 1.29 is 17.7 Å². The van der Waals surface area contributed by atoms with Crippen molar-refractivity contribution in [3.8, 4) is 11.5 Å². The van der Waals surface area contributed by atoms with Crippen molar-refractivity contribution in [2.45, 2.75) is 50.3 Å². The number of hydrogen-bond donors (Lipinski definition) is 1. The highest BCUT2D eigenvalue weighted by molar-refractivity contribution is 7.86. The molecule has 4 nitrogen and oxygen atoms in total. The second-order valence-corrected chi connectivity index (χ2v) is 7.23. The molecule has 2 aromatic carbocycles. The van der Waals surface area contributed by atoms with Crippen LogP contribution in [0.5, 0.6) is 11.5 Å². The molecule has 5 heteroatoms. The Morgan fingerprint density at radius 2 is 1.67 bits per heavy atom. The molecule has 0 fully saturated rings. The van der Waals surface area contributed by atoms with E-state index >= 15 is 0 Å². The summed E-state index contributed by atoms with van der Waals surface area (Å²) in [4.78, 5) is -0.207. The Kier molecular flexibility index (Phi) is 6.82. The largest absolute Gasteiger partial charge is 0.456 e. The number of aryl methyl sites for hydroxylation is 1. The van der Waals surface area contributed by atoms with Crippen molar-refractivity contribution in [2.24, 2.45) is 0 Å². The summed E-state index contributed by atoms with van der Waals surface area (Å²) in [6.45, 7) is 2.18. The second-order valence-electron chi connectivity index (χ2n) is 5.84. The standard InChI is InChI=1S/C19H24O4S/c1-2-3-4-5-7-10-16-13-14-19(24(20,21)22)18(15-16)23-17-11-8-6-9-12-17/h6,8-9,11-15H,2-5,7,10H2,1H3,(H,20,21,22). The van der Waals surface area contributed by atoms with Crippen molar-refractivity contribution in [2.75, 3.05) is 0 Å². The zero-order valence-corrected chi connectivity index (χ0v) is 14.8. The molecule has 0 heterocycles. The SMILES string of the molecule is CCCCCCCc1ccc(S(=O)(=O)O)c(Oc2ccccc2)c1. The van der Waals surface area contributed by atoms with E-state index in [4.69, 9.17) is 4.74 Å². The van der Waals surface area contributed by atoms with Gasteiger partial charge in [0.25, 0.3) is 10.1 Å². The molecule has 0 saturated heterocycles. The lowest BCUT2D eigenvalue weighted by atomic mass is 10.1. The Morgan fingerprint density at radius 3 is 2.33 bits per heavy atom. The lowest BCUT2D eigenvalue weighted by Gasteiger charge is -2.11. The summed E-state index contributed by atoms with van der Waals surface area (Å²) in [6.07, 6.45) is 6.73. The van der Waals surface area contributed by atoms with E-state index in [1.807, 2.05) is 6.07 Å². The monoisotopic (exact) mass is 348 g/mol. The Hall–Kier alpha value is -1.85. The molecule has 0 bridgehead atoms. The Morgan fingerprint density at radius 1 is 0.958 bits per heavy atom. The van der Waals surface area contributed by atoms with Gasteiger partial charge in [0.15, 0.2) is 0 Å². The highest BCUT2D eigenvalue weighted by atomic mass is 32.2. The first-order chi connectivity index (χ1) is 11.5. The minimum atomic E-state index is -4.33. The molecule has 0 amide bonds. The highest BCUT2D eigenvalue weighted by Crippen LogP contribution is 2.30. The van der Waals surface area contributed by atoms with Gasteiger partial charge in [0.1, 0.15) is 16.4 Å². The molecule has 0 aliphatic rings. The lowest BCUT2D eigenvalue weighted by molar-refractivity contribution is 0.449. The zero-order valence-electron chi connectivity index (χ0n) is 13.9. The molecule has 2 rings (SSSR count). The molecular weight excluding hydrogens is 324 g/mol. The summed E-state index contributed by atoms with van der Waals surface area (Å²) >= 11 is 0. The molecule has 0 spiro atoms. The average molecular weight is 348 g/mol. The van der Waals surface area contributed by atoms with Gasteiger partial charge >= 0.3 is 0 Å². The quantitative estimate of drug-likeness (QED) is 0.497. The fourth-order valence-corrected chi connectivity index (χ4v) is 3.14. The van der Waals surface area contributed by atoms with Crippen LogP contribution in [0.3, 0.4) is 0 Å². The van der Waals surface area contributed by atoms with Crippen LogP contribution in [-0.2, 0) is 16.5 Å². The first-order valence-electron chi connectivity index (χ1n) is 8.34. The van der Waals surface area contributed by atoms with E-state index in [1.54, 1.807) is 36.4 Å². The summed E-state index contributed by atoms with van der Waals surface area (Å²) in [5.74, 6) is 0.692. The first kappa shape index (κ1) is 18.5. The van der Waals surface area contributed by atoms with Crippen LogP contribution >= 0.6 is 0 Å². The summed E-state index contributed by atoms with van der Waals surface area (Å²) in [5.41, 5.74) is 1.00. The van der Waals surface area contributed by atoms with E-state index in [0.29, 0.717) is 5.75 Å². The Bertz CT molecular complexity index is 739. The normalized spacial score (nSPS) is 11.4. The van der Waals surface area contributed by atoms with Crippen molar-refractivity contribution in [1.29, 1.82) is 0 Å². The third-order valence-electron chi connectivity index (χ3n) is 3.83. The van der Waals surface area contributed by atoms with E-state index in [0.717, 1.165) is 24.8 Å². The van der Waals surface area contributed by atoms with Crippen molar-refractivity contribution >= 4 is 10.1 Å². The molecule has 130 valence electrons. The smallest absolute Gasteiger partial charge is 0.298 e. The van der Waals surface area contributed by atoms with E-state index in [-0.39, 0.29) is 10.6 Å². The maximum Gasteiger partial charge on any atom is 0.298 e. The summed E-state index contributed by atoms with van der Waals surface area (Å²) in [5, 5.41) is 0. The van der Waals surface area contributed by atoms with Gasteiger partial charge in [0.2, 0.25) is 0 Å². The zero-order chi connectivity index (χ0) is 17.4. The molecule has 0 atom stereocenters. The predicted molar refractivity (Wildman–Crippen MR) is 95.2 cm³/mol. The average Bonchev–Trinajstić information content (AvgIpc) is 2.55. The van der Waals surface area contributed by atoms with Gasteiger partial charge < -0.3 is 4.74 Å². The number of hydrogen-bond acceptors (Lipinski definition) is 3. The van der Waals surface area contributed by atoms with Gasteiger partial charge in [-0.3, -0.25) is 4.55 Å². The topological polar surface area (TPSA) is 63.6 Å². The number of ether oxygens (including phenoxy) is 1.